The molecule has 0 aromatic heterocycles. The fourth-order valence-corrected chi connectivity index (χ4v) is 2.86. The van der Waals surface area contributed by atoms with Crippen LogP contribution in [-0.4, -0.2) is 18.3 Å². The van der Waals surface area contributed by atoms with Crippen molar-refractivity contribution in [1.82, 2.24) is 0 Å². The third kappa shape index (κ3) is 2.63. The first-order valence-corrected chi connectivity index (χ1v) is 6.45. The van der Waals surface area contributed by atoms with Crippen molar-refractivity contribution in [3.05, 3.63) is 28.8 Å². The first kappa shape index (κ1) is 12.4. The molecule has 0 aliphatic heterocycles. The molecule has 0 amide bonds. The average molecular weight is 234 g/mol. The van der Waals surface area contributed by atoms with Crippen LogP contribution < -0.4 is 4.74 Å². The zero-order valence-electron chi connectivity index (χ0n) is 11.0. The van der Waals surface area contributed by atoms with Crippen LogP contribution in [-0.2, 0) is 0 Å². The highest BCUT2D eigenvalue weighted by atomic mass is 16.5. The van der Waals surface area contributed by atoms with E-state index in [2.05, 4.69) is 26.0 Å². The fourth-order valence-electron chi connectivity index (χ4n) is 2.86. The maximum atomic E-state index is 9.56. The van der Waals surface area contributed by atoms with Gasteiger partial charge < -0.3 is 9.84 Å². The van der Waals surface area contributed by atoms with Gasteiger partial charge in [-0.25, -0.2) is 0 Å². The molecular formula is C15H22O2. The maximum Gasteiger partial charge on any atom is 0.122 e. The van der Waals surface area contributed by atoms with Crippen LogP contribution >= 0.6 is 0 Å². The lowest BCUT2D eigenvalue weighted by Gasteiger charge is -2.27. The van der Waals surface area contributed by atoms with Crippen molar-refractivity contribution in [2.75, 3.05) is 7.11 Å². The molecule has 1 fully saturated rings. The molecule has 0 unspecified atom stereocenters. The number of hydrogen-bond donors (Lipinski definition) is 1. The zero-order chi connectivity index (χ0) is 12.4. The predicted molar refractivity (Wildman–Crippen MR) is 69.7 cm³/mol. The lowest BCUT2D eigenvalue weighted by atomic mass is 9.80. The van der Waals surface area contributed by atoms with E-state index in [9.17, 15) is 5.11 Å². The highest BCUT2D eigenvalue weighted by Crippen LogP contribution is 2.36. The molecule has 1 N–H and O–H groups in total. The Hall–Kier alpha value is -1.02. The molecule has 0 saturated heterocycles. The minimum atomic E-state index is -0.0779. The van der Waals surface area contributed by atoms with Crippen LogP contribution in [0.4, 0.5) is 0 Å². The summed E-state index contributed by atoms with van der Waals surface area (Å²) in [5.74, 6) is 1.59. The fraction of sp³-hybridized carbons (Fsp3) is 0.600. The van der Waals surface area contributed by atoms with Crippen molar-refractivity contribution in [2.45, 2.75) is 51.6 Å². The summed E-state index contributed by atoms with van der Waals surface area (Å²) in [7, 11) is 1.72. The van der Waals surface area contributed by atoms with Gasteiger partial charge >= 0.3 is 0 Å². The van der Waals surface area contributed by atoms with Crippen molar-refractivity contribution < 1.29 is 9.84 Å². The van der Waals surface area contributed by atoms with E-state index in [1.165, 1.54) is 16.7 Å². The number of ether oxygens (including phenoxy) is 1. The van der Waals surface area contributed by atoms with E-state index >= 15 is 0 Å². The molecule has 0 atom stereocenters. The quantitative estimate of drug-likeness (QED) is 0.850. The molecular weight excluding hydrogens is 212 g/mol. The van der Waals surface area contributed by atoms with Crippen LogP contribution in [0.15, 0.2) is 12.1 Å². The minimum absolute atomic E-state index is 0.0779. The Morgan fingerprint density at radius 3 is 2.29 bits per heavy atom. The number of aliphatic hydroxyl groups is 1. The molecule has 0 radical (unpaired) electrons. The second-order valence-corrected chi connectivity index (χ2v) is 5.18. The van der Waals surface area contributed by atoms with Crippen LogP contribution in [0.25, 0.3) is 0 Å². The predicted octanol–water partition coefficient (Wildman–Crippen LogP) is 3.33. The molecule has 0 bridgehead atoms. The Morgan fingerprint density at radius 2 is 1.71 bits per heavy atom. The molecule has 2 heteroatoms. The van der Waals surface area contributed by atoms with Gasteiger partial charge in [-0.3, -0.25) is 0 Å². The molecule has 2 nitrogen and oxygen atoms in total. The van der Waals surface area contributed by atoms with Crippen molar-refractivity contribution in [2.24, 2.45) is 0 Å². The zero-order valence-corrected chi connectivity index (χ0v) is 11.0. The lowest BCUT2D eigenvalue weighted by Crippen LogP contribution is -2.17. The van der Waals surface area contributed by atoms with Crippen LogP contribution in [0.2, 0.25) is 0 Å². The number of aliphatic hydroxyl groups excluding tert-OH is 1. The Balaban J connectivity index is 2.23. The van der Waals surface area contributed by atoms with Crippen molar-refractivity contribution in [3.63, 3.8) is 0 Å². The first-order chi connectivity index (χ1) is 8.11. The second kappa shape index (κ2) is 5.09. The van der Waals surface area contributed by atoms with Gasteiger partial charge in [0, 0.05) is 0 Å². The summed E-state index contributed by atoms with van der Waals surface area (Å²) in [5.41, 5.74) is 3.96. The summed E-state index contributed by atoms with van der Waals surface area (Å²) < 4.78 is 5.35. The number of hydrogen-bond acceptors (Lipinski definition) is 2. The Kier molecular flexibility index (Phi) is 3.72. The molecule has 94 valence electrons. The number of benzene rings is 1. The van der Waals surface area contributed by atoms with Gasteiger partial charge in [-0.2, -0.15) is 0 Å². The van der Waals surface area contributed by atoms with E-state index in [0.29, 0.717) is 5.92 Å². The normalized spacial score (nSPS) is 24.7. The molecule has 1 aromatic carbocycles. The molecule has 2 rings (SSSR count). The first-order valence-electron chi connectivity index (χ1n) is 6.45. The van der Waals surface area contributed by atoms with Gasteiger partial charge in [0.15, 0.2) is 0 Å². The summed E-state index contributed by atoms with van der Waals surface area (Å²) in [6.45, 7) is 4.25. The second-order valence-electron chi connectivity index (χ2n) is 5.18. The van der Waals surface area contributed by atoms with E-state index in [0.717, 1.165) is 31.4 Å². The van der Waals surface area contributed by atoms with E-state index in [1.54, 1.807) is 7.11 Å². The lowest BCUT2D eigenvalue weighted by molar-refractivity contribution is 0.122. The average Bonchev–Trinajstić information content (AvgIpc) is 2.33. The van der Waals surface area contributed by atoms with E-state index in [-0.39, 0.29) is 6.10 Å². The summed E-state index contributed by atoms with van der Waals surface area (Å²) in [6, 6.07) is 4.40. The van der Waals surface area contributed by atoms with E-state index in [4.69, 9.17) is 4.74 Å². The Morgan fingerprint density at radius 1 is 1.06 bits per heavy atom. The molecule has 1 aliphatic carbocycles. The largest absolute Gasteiger partial charge is 0.496 e. The number of aryl methyl sites for hydroxylation is 2. The van der Waals surface area contributed by atoms with E-state index < -0.39 is 0 Å². The smallest absolute Gasteiger partial charge is 0.122 e. The standard InChI is InChI=1S/C15H22O2/c1-10-9-15(17-3)11(2)8-14(10)12-4-6-13(16)7-5-12/h8-9,12-13,16H,4-7H2,1-3H3. The van der Waals surface area contributed by atoms with E-state index in [1.807, 2.05) is 0 Å². The van der Waals surface area contributed by atoms with Crippen molar-refractivity contribution in [3.8, 4) is 5.75 Å². The van der Waals surface area contributed by atoms with Crippen LogP contribution in [0.3, 0.4) is 0 Å². The highest BCUT2D eigenvalue weighted by molar-refractivity contribution is 5.43. The number of methoxy groups -OCH3 is 1. The number of rotatable bonds is 2. The Labute approximate surface area is 104 Å². The van der Waals surface area contributed by atoms with Crippen molar-refractivity contribution >= 4 is 0 Å². The van der Waals surface area contributed by atoms with Gasteiger partial charge in [-0.1, -0.05) is 6.07 Å². The highest BCUT2D eigenvalue weighted by Gasteiger charge is 2.22. The van der Waals surface area contributed by atoms with Gasteiger partial charge in [-0.05, 0) is 68.2 Å². The molecule has 0 spiro atoms. The minimum Gasteiger partial charge on any atom is -0.496 e. The molecule has 1 aliphatic rings. The van der Waals surface area contributed by atoms with Gasteiger partial charge in [0.1, 0.15) is 5.75 Å². The van der Waals surface area contributed by atoms with Crippen LogP contribution in [0.5, 0.6) is 5.75 Å². The monoisotopic (exact) mass is 234 g/mol. The SMILES string of the molecule is COc1cc(C)c(C2CCC(O)CC2)cc1C. The Bertz CT molecular complexity index is 390. The third-order valence-corrected chi connectivity index (χ3v) is 3.92. The summed E-state index contributed by atoms with van der Waals surface area (Å²) in [5, 5.41) is 9.56. The van der Waals surface area contributed by atoms with Crippen LogP contribution in [0.1, 0.15) is 48.3 Å². The molecule has 17 heavy (non-hydrogen) atoms. The van der Waals surface area contributed by atoms with Gasteiger partial charge in [0.25, 0.3) is 0 Å². The third-order valence-electron chi connectivity index (χ3n) is 3.92. The summed E-state index contributed by atoms with van der Waals surface area (Å²) in [6.07, 6.45) is 4.01. The summed E-state index contributed by atoms with van der Waals surface area (Å²) >= 11 is 0. The molecule has 1 saturated carbocycles. The maximum absolute atomic E-state index is 9.56. The molecule has 0 heterocycles. The van der Waals surface area contributed by atoms with Gasteiger partial charge in [0.05, 0.1) is 13.2 Å². The summed E-state index contributed by atoms with van der Waals surface area (Å²) in [4.78, 5) is 0. The van der Waals surface area contributed by atoms with Gasteiger partial charge in [-0.15, -0.1) is 0 Å². The van der Waals surface area contributed by atoms with Gasteiger partial charge in [0.2, 0.25) is 0 Å². The molecule has 1 aromatic rings. The van der Waals surface area contributed by atoms with Crippen molar-refractivity contribution in [1.29, 1.82) is 0 Å². The topological polar surface area (TPSA) is 29.5 Å². The van der Waals surface area contributed by atoms with Crippen LogP contribution in [0, 0.1) is 13.8 Å².